The standard InChI is InChI=1S/C9H8ClIO/c1-5-3-7(10)4-8(6(2)12)9(5)11/h3-4H,1-2H3. The molecular weight excluding hydrogens is 286 g/mol. The maximum atomic E-state index is 11.1. The fourth-order valence-electron chi connectivity index (χ4n) is 0.982. The zero-order valence-corrected chi connectivity index (χ0v) is 9.73. The molecule has 0 bridgehead atoms. The summed E-state index contributed by atoms with van der Waals surface area (Å²) < 4.78 is 0.990. The maximum Gasteiger partial charge on any atom is 0.160 e. The first kappa shape index (κ1) is 9.99. The first-order valence-electron chi connectivity index (χ1n) is 3.49. The Bertz CT molecular complexity index is 334. The Kier molecular flexibility index (Phi) is 3.12. The normalized spacial score (nSPS) is 10.0. The molecule has 0 radical (unpaired) electrons. The van der Waals surface area contributed by atoms with E-state index in [0.29, 0.717) is 10.6 Å². The number of hydrogen-bond acceptors (Lipinski definition) is 1. The molecule has 0 aliphatic rings. The predicted octanol–water partition coefficient (Wildman–Crippen LogP) is 3.46. The summed E-state index contributed by atoms with van der Waals surface area (Å²) in [5.41, 5.74) is 1.76. The fraction of sp³-hybridized carbons (Fsp3) is 0.222. The van der Waals surface area contributed by atoms with Crippen molar-refractivity contribution in [3.05, 3.63) is 31.9 Å². The van der Waals surface area contributed by atoms with Crippen molar-refractivity contribution >= 4 is 40.0 Å². The highest BCUT2D eigenvalue weighted by Crippen LogP contribution is 2.22. The van der Waals surface area contributed by atoms with Gasteiger partial charge in [0.1, 0.15) is 0 Å². The first-order valence-corrected chi connectivity index (χ1v) is 4.94. The number of benzene rings is 1. The number of carbonyl (C=O) groups excluding carboxylic acids is 1. The van der Waals surface area contributed by atoms with Gasteiger partial charge in [-0.3, -0.25) is 4.79 Å². The van der Waals surface area contributed by atoms with Gasteiger partial charge in [-0.2, -0.15) is 0 Å². The molecule has 1 aromatic carbocycles. The second kappa shape index (κ2) is 3.75. The molecule has 0 saturated heterocycles. The van der Waals surface area contributed by atoms with Crippen molar-refractivity contribution in [2.45, 2.75) is 13.8 Å². The van der Waals surface area contributed by atoms with Gasteiger partial charge in [-0.15, -0.1) is 0 Å². The van der Waals surface area contributed by atoms with E-state index in [-0.39, 0.29) is 5.78 Å². The van der Waals surface area contributed by atoms with Crippen LogP contribution in [0.2, 0.25) is 5.02 Å². The van der Waals surface area contributed by atoms with Crippen LogP contribution in [-0.2, 0) is 0 Å². The molecule has 0 atom stereocenters. The molecule has 0 spiro atoms. The molecular formula is C9H8ClIO. The van der Waals surface area contributed by atoms with E-state index >= 15 is 0 Å². The van der Waals surface area contributed by atoms with E-state index in [4.69, 9.17) is 11.6 Å². The average molecular weight is 295 g/mol. The molecule has 0 saturated carbocycles. The van der Waals surface area contributed by atoms with Crippen LogP contribution in [0.3, 0.4) is 0 Å². The van der Waals surface area contributed by atoms with E-state index in [1.54, 1.807) is 13.0 Å². The van der Waals surface area contributed by atoms with Gasteiger partial charge in [-0.1, -0.05) is 11.6 Å². The minimum Gasteiger partial charge on any atom is -0.294 e. The topological polar surface area (TPSA) is 17.1 Å². The summed E-state index contributed by atoms with van der Waals surface area (Å²) >= 11 is 7.97. The summed E-state index contributed by atoms with van der Waals surface area (Å²) in [5.74, 6) is 0.0602. The number of rotatable bonds is 1. The Morgan fingerprint density at radius 3 is 2.58 bits per heavy atom. The van der Waals surface area contributed by atoms with E-state index in [2.05, 4.69) is 22.6 Å². The summed E-state index contributed by atoms with van der Waals surface area (Å²) in [6, 6.07) is 3.56. The lowest BCUT2D eigenvalue weighted by atomic mass is 10.1. The van der Waals surface area contributed by atoms with Crippen molar-refractivity contribution in [3.8, 4) is 0 Å². The zero-order valence-electron chi connectivity index (χ0n) is 6.82. The molecule has 0 aromatic heterocycles. The van der Waals surface area contributed by atoms with Gasteiger partial charge in [0, 0.05) is 14.2 Å². The van der Waals surface area contributed by atoms with Crippen LogP contribution in [0.5, 0.6) is 0 Å². The first-order chi connectivity index (χ1) is 5.52. The van der Waals surface area contributed by atoms with Crippen molar-refractivity contribution in [1.29, 1.82) is 0 Å². The summed E-state index contributed by atoms with van der Waals surface area (Å²) in [5, 5.41) is 0.623. The summed E-state index contributed by atoms with van der Waals surface area (Å²) in [6.45, 7) is 3.49. The summed E-state index contributed by atoms with van der Waals surface area (Å²) in [6.07, 6.45) is 0. The van der Waals surface area contributed by atoms with E-state index in [1.165, 1.54) is 0 Å². The van der Waals surface area contributed by atoms with E-state index in [1.807, 2.05) is 13.0 Å². The number of halogens is 2. The van der Waals surface area contributed by atoms with Crippen molar-refractivity contribution in [2.75, 3.05) is 0 Å². The molecule has 0 unspecified atom stereocenters. The lowest BCUT2D eigenvalue weighted by molar-refractivity contribution is 0.101. The zero-order chi connectivity index (χ0) is 9.30. The molecule has 1 rings (SSSR count). The van der Waals surface area contributed by atoms with Crippen molar-refractivity contribution < 1.29 is 4.79 Å². The fourth-order valence-corrected chi connectivity index (χ4v) is 1.95. The molecule has 0 heterocycles. The van der Waals surface area contributed by atoms with E-state index in [9.17, 15) is 4.79 Å². The van der Waals surface area contributed by atoms with Gasteiger partial charge in [-0.25, -0.2) is 0 Å². The Labute approximate surface area is 90.3 Å². The number of carbonyl (C=O) groups is 1. The third kappa shape index (κ3) is 1.98. The molecule has 0 aliphatic heterocycles. The van der Waals surface area contributed by atoms with Crippen LogP contribution < -0.4 is 0 Å². The monoisotopic (exact) mass is 294 g/mol. The van der Waals surface area contributed by atoms with Gasteiger partial charge in [0.15, 0.2) is 5.78 Å². The quantitative estimate of drug-likeness (QED) is 0.573. The number of Topliss-reactive ketones (excluding diaryl/α,β-unsaturated/α-hetero) is 1. The Morgan fingerprint density at radius 1 is 1.50 bits per heavy atom. The van der Waals surface area contributed by atoms with Gasteiger partial charge in [0.2, 0.25) is 0 Å². The van der Waals surface area contributed by atoms with Crippen molar-refractivity contribution in [2.24, 2.45) is 0 Å². The van der Waals surface area contributed by atoms with E-state index in [0.717, 1.165) is 9.13 Å². The molecule has 0 amide bonds. The molecule has 0 fully saturated rings. The van der Waals surface area contributed by atoms with Crippen molar-refractivity contribution in [1.82, 2.24) is 0 Å². The SMILES string of the molecule is CC(=O)c1cc(Cl)cc(C)c1I. The minimum atomic E-state index is 0.0602. The lowest BCUT2D eigenvalue weighted by Gasteiger charge is -2.04. The number of hydrogen-bond donors (Lipinski definition) is 0. The van der Waals surface area contributed by atoms with Crippen LogP contribution in [0.25, 0.3) is 0 Å². The Balaban J connectivity index is 3.37. The average Bonchev–Trinajstić information content (AvgIpc) is 1.96. The smallest absolute Gasteiger partial charge is 0.160 e. The Hall–Kier alpha value is -0.0900. The second-order valence-corrected chi connectivity index (χ2v) is 4.16. The molecule has 64 valence electrons. The molecule has 12 heavy (non-hydrogen) atoms. The van der Waals surface area contributed by atoms with Crippen LogP contribution in [0.1, 0.15) is 22.8 Å². The van der Waals surface area contributed by atoms with Gasteiger partial charge >= 0.3 is 0 Å². The van der Waals surface area contributed by atoms with E-state index < -0.39 is 0 Å². The van der Waals surface area contributed by atoms with Gasteiger partial charge < -0.3 is 0 Å². The summed E-state index contributed by atoms with van der Waals surface area (Å²) in [4.78, 5) is 11.1. The van der Waals surface area contributed by atoms with Crippen LogP contribution in [0.4, 0.5) is 0 Å². The van der Waals surface area contributed by atoms with Crippen LogP contribution in [0.15, 0.2) is 12.1 Å². The van der Waals surface area contributed by atoms with Crippen molar-refractivity contribution in [3.63, 3.8) is 0 Å². The highest BCUT2D eigenvalue weighted by molar-refractivity contribution is 14.1. The molecule has 1 nitrogen and oxygen atoms in total. The number of aryl methyl sites for hydroxylation is 1. The molecule has 0 N–H and O–H groups in total. The van der Waals surface area contributed by atoms with Crippen LogP contribution >= 0.6 is 34.2 Å². The largest absolute Gasteiger partial charge is 0.294 e. The Morgan fingerprint density at radius 2 is 2.08 bits per heavy atom. The third-order valence-corrected chi connectivity index (χ3v) is 3.25. The predicted molar refractivity (Wildman–Crippen MR) is 58.9 cm³/mol. The second-order valence-electron chi connectivity index (χ2n) is 2.64. The van der Waals surface area contributed by atoms with Crippen LogP contribution in [0, 0.1) is 10.5 Å². The van der Waals surface area contributed by atoms with Gasteiger partial charge in [0.25, 0.3) is 0 Å². The minimum absolute atomic E-state index is 0.0602. The molecule has 3 heteroatoms. The molecule has 1 aromatic rings. The highest BCUT2D eigenvalue weighted by atomic mass is 127. The number of ketones is 1. The highest BCUT2D eigenvalue weighted by Gasteiger charge is 2.08. The molecule has 0 aliphatic carbocycles. The summed E-state index contributed by atoms with van der Waals surface area (Å²) in [7, 11) is 0. The van der Waals surface area contributed by atoms with Gasteiger partial charge in [-0.05, 0) is 54.1 Å². The maximum absolute atomic E-state index is 11.1. The van der Waals surface area contributed by atoms with Crippen LogP contribution in [-0.4, -0.2) is 5.78 Å². The lowest BCUT2D eigenvalue weighted by Crippen LogP contribution is -1.97. The van der Waals surface area contributed by atoms with Gasteiger partial charge in [0.05, 0.1) is 0 Å². The third-order valence-electron chi connectivity index (χ3n) is 1.60.